The van der Waals surface area contributed by atoms with E-state index in [0.29, 0.717) is 5.11 Å². The summed E-state index contributed by atoms with van der Waals surface area (Å²) in [4.78, 5) is 7.13. The summed E-state index contributed by atoms with van der Waals surface area (Å²) >= 11 is 5.72. The van der Waals surface area contributed by atoms with Crippen molar-refractivity contribution in [3.8, 4) is 0 Å². The molecule has 0 unspecified atom stereocenters. The second-order valence-electron chi connectivity index (χ2n) is 7.54. The third-order valence-corrected chi connectivity index (χ3v) is 5.99. The Morgan fingerprint density at radius 1 is 0.962 bits per heavy atom. The maximum atomic E-state index is 5.72. The van der Waals surface area contributed by atoms with Crippen molar-refractivity contribution in [2.75, 3.05) is 10.2 Å². The van der Waals surface area contributed by atoms with Gasteiger partial charge in [0.1, 0.15) is 11.4 Å². The van der Waals surface area contributed by atoms with Crippen LogP contribution in [0.5, 0.6) is 0 Å². The van der Waals surface area contributed by atoms with Gasteiger partial charge in [0, 0.05) is 11.4 Å². The van der Waals surface area contributed by atoms with E-state index in [1.807, 2.05) is 0 Å². The first kappa shape index (κ1) is 17.2. The molecule has 3 nitrogen and oxygen atoms in total. The van der Waals surface area contributed by atoms with Gasteiger partial charge in [0.2, 0.25) is 5.11 Å². The zero-order valence-corrected chi connectivity index (χ0v) is 16.5. The lowest BCUT2D eigenvalue weighted by Crippen LogP contribution is -2.52. The topological polar surface area (TPSA) is 27.6 Å². The average molecular weight is 364 g/mol. The van der Waals surface area contributed by atoms with Crippen LogP contribution in [-0.2, 0) is 0 Å². The molecule has 4 heteroatoms. The van der Waals surface area contributed by atoms with E-state index in [4.69, 9.17) is 17.2 Å². The summed E-state index contributed by atoms with van der Waals surface area (Å²) < 4.78 is 0. The molecule has 1 aliphatic carbocycles. The third kappa shape index (κ3) is 2.73. The normalized spacial score (nSPS) is 18.5. The Labute approximate surface area is 161 Å². The number of hydrogen-bond donors (Lipinski definition) is 1. The summed E-state index contributed by atoms with van der Waals surface area (Å²) in [5, 5.41) is 4.34. The van der Waals surface area contributed by atoms with Crippen molar-refractivity contribution in [1.29, 1.82) is 0 Å². The largest absolute Gasteiger partial charge is 0.341 e. The summed E-state index contributed by atoms with van der Waals surface area (Å²) in [5.41, 5.74) is 5.90. The van der Waals surface area contributed by atoms with Crippen LogP contribution in [0.1, 0.15) is 42.4 Å². The Morgan fingerprint density at radius 3 is 2.19 bits per heavy atom. The molecule has 26 heavy (non-hydrogen) atoms. The maximum Gasteiger partial charge on any atom is 0.202 e. The van der Waals surface area contributed by atoms with E-state index in [0.717, 1.165) is 30.1 Å². The highest BCUT2D eigenvalue weighted by molar-refractivity contribution is 7.80. The van der Waals surface area contributed by atoms with Gasteiger partial charge >= 0.3 is 0 Å². The van der Waals surface area contributed by atoms with Gasteiger partial charge in [-0.3, -0.25) is 0 Å². The number of benzene rings is 2. The van der Waals surface area contributed by atoms with Crippen LogP contribution in [0.4, 0.5) is 11.4 Å². The van der Waals surface area contributed by atoms with Crippen LogP contribution in [0.2, 0.25) is 0 Å². The Hall–Kier alpha value is -2.20. The molecular weight excluding hydrogens is 338 g/mol. The van der Waals surface area contributed by atoms with Crippen LogP contribution >= 0.6 is 12.2 Å². The highest BCUT2D eigenvalue weighted by Crippen LogP contribution is 2.43. The minimum atomic E-state index is -0.138. The van der Waals surface area contributed by atoms with Crippen LogP contribution in [-0.4, -0.2) is 16.5 Å². The van der Waals surface area contributed by atoms with Crippen molar-refractivity contribution in [2.24, 2.45) is 4.99 Å². The van der Waals surface area contributed by atoms with Gasteiger partial charge in [-0.1, -0.05) is 48.7 Å². The Morgan fingerprint density at radius 2 is 1.58 bits per heavy atom. The lowest BCUT2D eigenvalue weighted by Gasteiger charge is -2.37. The number of rotatable bonds is 2. The molecule has 0 radical (unpaired) electrons. The smallest absolute Gasteiger partial charge is 0.202 e. The molecule has 2 aliphatic rings. The molecule has 1 heterocycles. The second-order valence-corrected chi connectivity index (χ2v) is 7.91. The summed E-state index contributed by atoms with van der Waals surface area (Å²) in [6.45, 7) is 6.40. The third-order valence-electron chi connectivity index (χ3n) is 5.71. The minimum absolute atomic E-state index is 0.138. The van der Waals surface area contributed by atoms with Gasteiger partial charge in [-0.15, -0.1) is 0 Å². The van der Waals surface area contributed by atoms with E-state index in [2.05, 4.69) is 73.5 Å². The van der Waals surface area contributed by atoms with E-state index in [1.54, 1.807) is 0 Å². The maximum absolute atomic E-state index is 5.72. The number of para-hydroxylation sites is 1. The van der Waals surface area contributed by atoms with E-state index in [9.17, 15) is 0 Å². The van der Waals surface area contributed by atoms with Gasteiger partial charge in [-0.25, -0.2) is 4.99 Å². The Balaban J connectivity index is 1.75. The van der Waals surface area contributed by atoms with Gasteiger partial charge in [0.05, 0.1) is 0 Å². The number of nitrogens with one attached hydrogen (secondary N) is 1. The fourth-order valence-electron chi connectivity index (χ4n) is 4.28. The molecule has 0 aromatic heterocycles. The van der Waals surface area contributed by atoms with Gasteiger partial charge in [-0.05, 0) is 69.1 Å². The van der Waals surface area contributed by atoms with E-state index >= 15 is 0 Å². The van der Waals surface area contributed by atoms with Crippen molar-refractivity contribution in [1.82, 2.24) is 0 Å². The number of nitrogens with zero attached hydrogens (tertiary/aromatic N) is 2. The average Bonchev–Trinajstić information content (AvgIpc) is 3.19. The minimum Gasteiger partial charge on any atom is -0.341 e. The van der Waals surface area contributed by atoms with Crippen molar-refractivity contribution in [3.05, 3.63) is 59.2 Å². The lowest BCUT2D eigenvalue weighted by molar-refractivity contribution is 0.595. The van der Waals surface area contributed by atoms with Crippen molar-refractivity contribution in [2.45, 2.75) is 52.0 Å². The highest BCUT2D eigenvalue weighted by atomic mass is 32.1. The van der Waals surface area contributed by atoms with Crippen molar-refractivity contribution < 1.29 is 0 Å². The molecule has 1 saturated carbocycles. The van der Waals surface area contributed by atoms with Crippen LogP contribution in [0.15, 0.2) is 47.5 Å². The molecule has 134 valence electrons. The van der Waals surface area contributed by atoms with E-state index < -0.39 is 0 Å². The molecule has 1 N–H and O–H groups in total. The molecule has 0 bridgehead atoms. The van der Waals surface area contributed by atoms with Crippen LogP contribution < -0.4 is 10.2 Å². The van der Waals surface area contributed by atoms with Gasteiger partial charge in [0.15, 0.2) is 0 Å². The predicted molar refractivity (Wildman–Crippen MR) is 114 cm³/mol. The number of thiocarbonyl (C=S) groups is 1. The van der Waals surface area contributed by atoms with Crippen molar-refractivity contribution in [3.63, 3.8) is 0 Å². The molecule has 1 fully saturated rings. The summed E-state index contributed by atoms with van der Waals surface area (Å²) in [6.07, 6.45) is 4.58. The van der Waals surface area contributed by atoms with Crippen LogP contribution in [0.25, 0.3) is 0 Å². The number of aryl methyl sites for hydroxylation is 3. The van der Waals surface area contributed by atoms with E-state index in [-0.39, 0.29) is 5.54 Å². The van der Waals surface area contributed by atoms with Gasteiger partial charge in [0.25, 0.3) is 0 Å². The molecular formula is C22H25N3S. The molecule has 0 atom stereocenters. The number of anilines is 2. The zero-order valence-electron chi connectivity index (χ0n) is 15.7. The fourth-order valence-corrected chi connectivity index (χ4v) is 4.66. The summed E-state index contributed by atoms with van der Waals surface area (Å²) in [5.74, 6) is 1.01. The number of amidine groups is 1. The molecule has 2 aromatic rings. The number of aliphatic imine (C=N–C) groups is 1. The van der Waals surface area contributed by atoms with Crippen LogP contribution in [0.3, 0.4) is 0 Å². The van der Waals surface area contributed by atoms with Crippen LogP contribution in [0, 0.1) is 20.8 Å². The van der Waals surface area contributed by atoms with Gasteiger partial charge < -0.3 is 10.2 Å². The molecule has 4 rings (SSSR count). The first-order valence-corrected chi connectivity index (χ1v) is 9.75. The Bertz CT molecular complexity index is 857. The fraction of sp³-hybridized carbons (Fsp3) is 0.364. The SMILES string of the molecule is Cc1ccc(N2C(=S)N=C(Nc3c(C)cccc3C)C23CCCC3)cc1. The molecule has 1 aliphatic heterocycles. The van der Waals surface area contributed by atoms with Crippen molar-refractivity contribution >= 4 is 34.5 Å². The molecule has 1 spiro atoms. The number of hydrogen-bond acceptors (Lipinski definition) is 2. The Kier molecular flexibility index (Phi) is 4.31. The second kappa shape index (κ2) is 6.51. The first-order valence-electron chi connectivity index (χ1n) is 9.34. The monoisotopic (exact) mass is 363 g/mol. The highest BCUT2D eigenvalue weighted by Gasteiger charge is 2.50. The molecule has 2 aromatic carbocycles. The van der Waals surface area contributed by atoms with Gasteiger partial charge in [-0.2, -0.15) is 0 Å². The first-order chi connectivity index (χ1) is 12.5. The zero-order chi connectivity index (χ0) is 18.3. The summed E-state index contributed by atoms with van der Waals surface area (Å²) in [7, 11) is 0. The standard InChI is InChI=1S/C22H25N3S/c1-15-9-11-18(12-10-15)25-21(26)24-20(22(25)13-4-5-14-22)23-19-16(2)7-6-8-17(19)3/h6-12H,4-5,13-14H2,1-3H3,(H,23,24,26). The lowest BCUT2D eigenvalue weighted by atomic mass is 9.93. The summed E-state index contributed by atoms with van der Waals surface area (Å²) in [6, 6.07) is 15.0. The molecule has 0 saturated heterocycles. The molecule has 0 amide bonds. The quantitative estimate of drug-likeness (QED) is 0.710. The van der Waals surface area contributed by atoms with E-state index in [1.165, 1.54) is 29.5 Å². The predicted octanol–water partition coefficient (Wildman–Crippen LogP) is 5.54.